The molecule has 0 amide bonds. The third-order valence-corrected chi connectivity index (χ3v) is 5.32. The van der Waals surface area contributed by atoms with Gasteiger partial charge < -0.3 is 25.2 Å². The summed E-state index contributed by atoms with van der Waals surface area (Å²) in [5, 5.41) is 17.2. The van der Waals surface area contributed by atoms with E-state index in [1.165, 1.54) is 25.7 Å². The Hall–Kier alpha value is -3.75. The van der Waals surface area contributed by atoms with Crippen LogP contribution in [-0.4, -0.2) is 87.6 Å². The maximum atomic E-state index is 13.6. The fourth-order valence-electron chi connectivity index (χ4n) is 3.28. The number of rotatable bonds is 15. The molecule has 0 aromatic heterocycles. The van der Waals surface area contributed by atoms with Crippen molar-refractivity contribution in [1.82, 2.24) is 10.2 Å². The van der Waals surface area contributed by atoms with E-state index in [-0.39, 0.29) is 30.4 Å². The molecule has 0 saturated heterocycles. The standard InChI is InChI=1S/C14H5F5O2.C13H30N2O.C2H6.2CH2O2/c15-10-9(11(16)13(18)14(19)12(10)17)6-1-2-7(4-20)8(3-6)5-21;1-4-12-16-13-8-6-5-7-9-14-10-11-15(2)3;1-2;2*2-1-3/h1-5H;14H,4-13H2,1-3H3;1-2H3;2*1H,(H,2,3). The summed E-state index contributed by atoms with van der Waals surface area (Å²) in [4.78, 5) is 40.3. The number of nitrogens with one attached hydrogen (secondary N) is 1. The lowest BCUT2D eigenvalue weighted by molar-refractivity contribution is -0.123. The first-order chi connectivity index (χ1) is 21.5. The van der Waals surface area contributed by atoms with Crippen LogP contribution in [0, 0.1) is 29.1 Å². The summed E-state index contributed by atoms with van der Waals surface area (Å²) >= 11 is 0. The number of carbonyl (C=O) groups excluding carboxylic acids is 2. The first-order valence-corrected chi connectivity index (χ1v) is 14.2. The van der Waals surface area contributed by atoms with Crippen LogP contribution in [0.25, 0.3) is 11.1 Å². The topological polar surface area (TPSA) is 133 Å². The molecule has 0 radical (unpaired) electrons. The van der Waals surface area contributed by atoms with Crippen molar-refractivity contribution in [3.63, 3.8) is 0 Å². The molecule has 2 aromatic carbocycles. The Morgan fingerprint density at radius 2 is 1.22 bits per heavy atom. The monoisotopic (exact) mass is 652 g/mol. The molecule has 0 spiro atoms. The van der Waals surface area contributed by atoms with E-state index in [2.05, 4.69) is 31.2 Å². The molecule has 0 atom stereocenters. The van der Waals surface area contributed by atoms with Crippen LogP contribution in [0.1, 0.15) is 73.6 Å². The summed E-state index contributed by atoms with van der Waals surface area (Å²) in [6, 6.07) is 2.90. The zero-order valence-corrected chi connectivity index (χ0v) is 26.4. The van der Waals surface area contributed by atoms with Crippen LogP contribution in [0.3, 0.4) is 0 Å². The molecule has 0 saturated carbocycles. The third-order valence-electron chi connectivity index (χ3n) is 5.32. The predicted molar refractivity (Wildman–Crippen MR) is 162 cm³/mol. The molecule has 45 heavy (non-hydrogen) atoms. The van der Waals surface area contributed by atoms with Gasteiger partial charge in [-0.3, -0.25) is 19.2 Å². The van der Waals surface area contributed by atoms with Crippen LogP contribution in [0.4, 0.5) is 22.0 Å². The quantitative estimate of drug-likeness (QED) is 0.0674. The van der Waals surface area contributed by atoms with E-state index in [0.29, 0.717) is 6.29 Å². The van der Waals surface area contributed by atoms with Crippen molar-refractivity contribution in [2.45, 2.75) is 52.9 Å². The van der Waals surface area contributed by atoms with Gasteiger partial charge in [0, 0.05) is 37.4 Å². The number of unbranched alkanes of at least 4 members (excludes halogenated alkanes) is 3. The van der Waals surface area contributed by atoms with Gasteiger partial charge in [-0.05, 0) is 51.5 Å². The molecule has 0 fully saturated rings. The highest BCUT2D eigenvalue weighted by atomic mass is 19.2. The maximum Gasteiger partial charge on any atom is 0.290 e. The Morgan fingerprint density at radius 1 is 0.733 bits per heavy atom. The molecule has 0 aliphatic rings. The first-order valence-electron chi connectivity index (χ1n) is 14.2. The molecule has 3 N–H and O–H groups in total. The highest BCUT2D eigenvalue weighted by molar-refractivity contribution is 5.92. The first kappa shape index (κ1) is 45.7. The van der Waals surface area contributed by atoms with Gasteiger partial charge in [0.1, 0.15) is 0 Å². The molecule has 14 heteroatoms. The molecule has 0 unspecified atom stereocenters. The third kappa shape index (κ3) is 20.0. The average molecular weight is 653 g/mol. The van der Waals surface area contributed by atoms with E-state index in [1.54, 1.807) is 0 Å². The van der Waals surface area contributed by atoms with Crippen LogP contribution < -0.4 is 5.32 Å². The van der Waals surface area contributed by atoms with Gasteiger partial charge in [0.2, 0.25) is 5.82 Å². The van der Waals surface area contributed by atoms with E-state index in [9.17, 15) is 31.5 Å². The Morgan fingerprint density at radius 3 is 1.69 bits per heavy atom. The second kappa shape index (κ2) is 30.3. The summed E-state index contributed by atoms with van der Waals surface area (Å²) in [7, 11) is 4.22. The summed E-state index contributed by atoms with van der Waals surface area (Å²) in [6.45, 7) is 10.9. The lowest BCUT2D eigenvalue weighted by Crippen LogP contribution is -2.27. The second-order valence-corrected chi connectivity index (χ2v) is 8.81. The molecule has 0 aliphatic heterocycles. The fraction of sp³-hybridized carbons (Fsp3) is 0.484. The van der Waals surface area contributed by atoms with E-state index in [1.807, 2.05) is 13.8 Å². The molecule has 256 valence electrons. The van der Waals surface area contributed by atoms with Gasteiger partial charge in [0.15, 0.2) is 35.8 Å². The van der Waals surface area contributed by atoms with Gasteiger partial charge in [-0.1, -0.05) is 45.7 Å². The summed E-state index contributed by atoms with van der Waals surface area (Å²) in [6.07, 6.45) is 6.84. The van der Waals surface area contributed by atoms with Gasteiger partial charge in [0.05, 0.1) is 5.56 Å². The maximum absolute atomic E-state index is 13.6. The SMILES string of the molecule is CC.CCCOCCCCCCNCCN(C)C.O=CO.O=CO.O=Cc1ccc(-c2c(F)c(F)c(F)c(F)c2F)cc1C=O. The van der Waals surface area contributed by atoms with Crippen LogP contribution in [0.5, 0.6) is 0 Å². The summed E-state index contributed by atoms with van der Waals surface area (Å²) in [5.74, 6) is -10.5. The molecule has 0 bridgehead atoms. The van der Waals surface area contributed by atoms with Gasteiger partial charge >= 0.3 is 0 Å². The lowest BCUT2D eigenvalue weighted by atomic mass is 9.99. The minimum absolute atomic E-state index is 0.0716. The van der Waals surface area contributed by atoms with Gasteiger partial charge in [0.25, 0.3) is 12.9 Å². The Labute approximate surface area is 261 Å². The predicted octanol–water partition coefficient (Wildman–Crippen LogP) is 6.23. The van der Waals surface area contributed by atoms with Crippen LogP contribution in [0.15, 0.2) is 18.2 Å². The summed E-state index contributed by atoms with van der Waals surface area (Å²) in [5.41, 5.74) is -1.87. The largest absolute Gasteiger partial charge is 0.483 e. The highest BCUT2D eigenvalue weighted by Crippen LogP contribution is 2.32. The zero-order valence-electron chi connectivity index (χ0n) is 26.4. The molecular weight excluding hydrogens is 607 g/mol. The Balaban J connectivity index is -0.000000652. The minimum atomic E-state index is -2.27. The lowest BCUT2D eigenvalue weighted by Gasteiger charge is -2.10. The molecule has 0 aliphatic carbocycles. The number of ether oxygens (including phenoxy) is 1. The Kier molecular flexibility index (Phi) is 30.7. The van der Waals surface area contributed by atoms with Gasteiger partial charge in [-0.15, -0.1) is 0 Å². The minimum Gasteiger partial charge on any atom is -0.483 e. The number of aldehydes is 2. The molecule has 2 aromatic rings. The van der Waals surface area contributed by atoms with Crippen molar-refractivity contribution in [2.24, 2.45) is 0 Å². The van der Waals surface area contributed by atoms with Crippen molar-refractivity contribution in [3.05, 3.63) is 58.4 Å². The number of hydrogen-bond donors (Lipinski definition) is 3. The second-order valence-electron chi connectivity index (χ2n) is 8.81. The number of likely N-dealkylation sites (N-methyl/N-ethyl adjacent to an activating group) is 1. The van der Waals surface area contributed by atoms with Crippen molar-refractivity contribution in [3.8, 4) is 11.1 Å². The van der Waals surface area contributed by atoms with E-state index < -0.39 is 40.2 Å². The smallest absolute Gasteiger partial charge is 0.290 e. The molecule has 0 heterocycles. The van der Waals surface area contributed by atoms with Crippen LogP contribution >= 0.6 is 0 Å². The fourth-order valence-corrected chi connectivity index (χ4v) is 3.28. The number of halogens is 5. The van der Waals surface area contributed by atoms with Crippen molar-refractivity contribution in [2.75, 3.05) is 46.9 Å². The number of carboxylic acid groups (broad SMARTS) is 2. The number of nitrogens with zero attached hydrogens (tertiary/aromatic N) is 1. The number of carbonyl (C=O) groups is 4. The highest BCUT2D eigenvalue weighted by Gasteiger charge is 2.26. The summed E-state index contributed by atoms with van der Waals surface area (Å²) < 4.78 is 71.9. The van der Waals surface area contributed by atoms with Gasteiger partial charge in [-0.2, -0.15) is 0 Å². The van der Waals surface area contributed by atoms with Crippen LogP contribution in [-0.2, 0) is 14.3 Å². The van der Waals surface area contributed by atoms with Crippen molar-refractivity contribution < 1.29 is 56.1 Å². The van der Waals surface area contributed by atoms with E-state index >= 15 is 0 Å². The molecule has 2 rings (SSSR count). The van der Waals surface area contributed by atoms with E-state index in [4.69, 9.17) is 24.5 Å². The van der Waals surface area contributed by atoms with E-state index in [0.717, 1.165) is 57.5 Å². The van der Waals surface area contributed by atoms with Crippen molar-refractivity contribution >= 4 is 25.5 Å². The van der Waals surface area contributed by atoms with Crippen LogP contribution in [0.2, 0.25) is 0 Å². The van der Waals surface area contributed by atoms with Crippen molar-refractivity contribution in [1.29, 1.82) is 0 Å². The normalized spacial score (nSPS) is 9.58. The zero-order chi connectivity index (χ0) is 35.2. The Bertz CT molecular complexity index is 1070. The number of benzene rings is 2. The average Bonchev–Trinajstić information content (AvgIpc) is 3.03. The van der Waals surface area contributed by atoms with Gasteiger partial charge in [-0.25, -0.2) is 22.0 Å². The number of hydrogen-bond acceptors (Lipinski definition) is 7. The molecular formula is C31H45F5N2O7. The molecule has 9 nitrogen and oxygen atoms in total.